The fourth-order valence-corrected chi connectivity index (χ4v) is 17.8. The normalized spacial score (nSPS) is 11.0. The van der Waals surface area contributed by atoms with Crippen LogP contribution in [0.4, 0.5) is 56.9 Å². The number of nitro benzene ring substituents is 4. The van der Waals surface area contributed by atoms with Crippen LogP contribution in [0, 0.1) is 40.5 Å². The van der Waals surface area contributed by atoms with Gasteiger partial charge in [-0.3, -0.25) is 77.8 Å². The number of aromatic carboxylic acids is 2. The summed E-state index contributed by atoms with van der Waals surface area (Å²) in [5, 5.41) is 73.8. The van der Waals surface area contributed by atoms with E-state index < -0.39 is 95.7 Å². The number of rotatable bonds is 22. The van der Waals surface area contributed by atoms with Crippen molar-refractivity contribution in [2.45, 2.75) is 19.6 Å². The molecule has 0 aliphatic heterocycles. The summed E-state index contributed by atoms with van der Waals surface area (Å²) in [7, 11) is -17.7. The van der Waals surface area contributed by atoms with Crippen molar-refractivity contribution in [2.75, 3.05) is 32.7 Å². The molecule has 0 bridgehead atoms. The van der Waals surface area contributed by atoms with Gasteiger partial charge in [-0.05, 0) is 236 Å². The number of nitrogens with one attached hydrogen (secondary N) is 4. The number of carbonyl (C=O) groups excluding carboxylic acids is 4. The van der Waals surface area contributed by atoms with Crippen LogP contribution in [0.5, 0.6) is 0 Å². The summed E-state index contributed by atoms with van der Waals surface area (Å²) < 4.78 is 131. The number of amides is 4. The summed E-state index contributed by atoms with van der Waals surface area (Å²) in [6.07, 6.45) is 0. The second-order valence-electron chi connectivity index (χ2n) is 31.7. The van der Waals surface area contributed by atoms with Crippen molar-refractivity contribution < 1.29 is 111 Å². The fourth-order valence-electron chi connectivity index (χ4n) is 14.9. The molecule has 0 saturated carbocycles. The van der Waals surface area contributed by atoms with E-state index in [-0.39, 0.29) is 86.6 Å². The Hall–Kier alpha value is -19.3. The van der Waals surface area contributed by atoms with E-state index in [4.69, 9.17) is 26.2 Å². The summed E-state index contributed by atoms with van der Waals surface area (Å²) in [5.41, 5.74) is 21.9. The Bertz CT molecular complexity index is 8590. The molecule has 0 heterocycles. The number of non-ortho nitro benzene ring substituents is 4. The molecule has 0 fully saturated rings. The molecule has 14 N–H and O–H groups in total. The van der Waals surface area contributed by atoms with E-state index in [1.165, 1.54) is 115 Å². The minimum Gasteiger partial charge on any atom is -0.478 e. The van der Waals surface area contributed by atoms with Crippen LogP contribution in [0.1, 0.15) is 62.1 Å². The van der Waals surface area contributed by atoms with Crippen LogP contribution in [0.2, 0.25) is 0 Å². The van der Waals surface area contributed by atoms with Crippen LogP contribution < -0.4 is 32.7 Å². The number of fused-ring (bicyclic) bond motifs is 4. The van der Waals surface area contributed by atoms with Gasteiger partial charge < -0.3 is 42.9 Å². The topological polar surface area (TPSA) is 633 Å². The predicted molar refractivity (Wildman–Crippen MR) is 557 cm³/mol. The van der Waals surface area contributed by atoms with E-state index in [9.17, 15) is 117 Å². The maximum Gasteiger partial charge on any atom is 0.335 e. The molecule has 4 amide bonds. The minimum absolute atomic E-state index is 0.0101. The molecule has 0 radical (unpaired) electrons. The van der Waals surface area contributed by atoms with Crippen LogP contribution in [-0.2, 0) is 40.5 Å². The maximum atomic E-state index is 13.0. The summed E-state index contributed by atoms with van der Waals surface area (Å²) in [6, 6.07) is 101. The Labute approximate surface area is 840 Å². The van der Waals surface area contributed by atoms with E-state index >= 15 is 0 Å². The van der Waals surface area contributed by atoms with Crippen molar-refractivity contribution in [1.29, 1.82) is 0 Å². The summed E-state index contributed by atoms with van der Waals surface area (Å²) in [4.78, 5) is 111. The highest BCUT2D eigenvalue weighted by Crippen LogP contribution is 2.37. The zero-order chi connectivity index (χ0) is 107. The molecule has 42 heteroatoms. The molecule has 0 aromatic heterocycles. The highest BCUT2D eigenvalue weighted by molar-refractivity contribution is 7.87. The summed E-state index contributed by atoms with van der Waals surface area (Å²) in [5.74, 6) is -3.79. The number of hydrogen-bond acceptors (Lipinski definition) is 24. The monoisotopic (exact) mass is 2070 g/mol. The van der Waals surface area contributed by atoms with Crippen LogP contribution in [-0.4, -0.2) is 117 Å². The van der Waals surface area contributed by atoms with Gasteiger partial charge in [-0.15, -0.1) is 0 Å². The summed E-state index contributed by atoms with van der Waals surface area (Å²) in [6.45, 7) is 0. The lowest BCUT2D eigenvalue weighted by molar-refractivity contribution is -0.385. The van der Waals surface area contributed by atoms with Gasteiger partial charge in [-0.1, -0.05) is 170 Å². The smallest absolute Gasteiger partial charge is 0.335 e. The molecule has 0 saturated heterocycles. The third-order valence-corrected chi connectivity index (χ3v) is 25.7. The first-order valence-electron chi connectivity index (χ1n) is 43.2. The lowest BCUT2D eigenvalue weighted by Crippen LogP contribution is -2.13. The average molecular weight is 2070 g/mol. The highest BCUT2D eigenvalue weighted by atomic mass is 32.2. The average Bonchev–Trinajstić information content (AvgIpc) is 0.795. The number of nitrogen functional groups attached to an aromatic ring is 2. The molecule has 18 aromatic rings. The lowest BCUT2D eigenvalue weighted by atomic mass is 10.0. The highest BCUT2D eigenvalue weighted by Gasteiger charge is 2.25. The number of nitrogens with zero attached hydrogens (tertiary/aromatic N) is 4. The van der Waals surface area contributed by atoms with Gasteiger partial charge in [0.05, 0.1) is 47.9 Å². The van der Waals surface area contributed by atoms with Crippen molar-refractivity contribution in [3.63, 3.8) is 0 Å². The Kier molecular flexibility index (Phi) is 33.0. The Morgan fingerprint density at radius 1 is 0.230 bits per heavy atom. The van der Waals surface area contributed by atoms with Gasteiger partial charge in [-0.25, -0.2) is 9.59 Å². The molecule has 0 aliphatic rings. The molecule has 38 nitrogen and oxygen atoms in total. The standard InChI is InChI=1S/C30H21N3O7S.C23H16N2O6S.C23H18N2O4S.C13H9NO4.C10H9NO3S.C7H5NO4/c34-29(23-13-17-25(18-14-23)33(36)37)31-24-15-11-20(12-16-24)19-7-9-22(10-8-19)30(35)32-26-5-1-3-21-4-2-6-27(28(21)26)41(38,39)40;26-23(18-9-7-15(8-10-18)16-11-13-19(14-12-16)25(27)28)24-20-5-1-3-17-4-2-6-21(22(17)20)32(29,30)31;24-19-13-11-16(12-14-19)15-7-9-18(10-8-15)23(26)25-20-5-1-3-17-4-2-6-21(22(17)20)30(27,28)29;15-13(16)11-3-1-9(2-4-11)10-5-7-12(8-6-10)14(17)18;11-8-5-1-3-7-4-2-6-9(10(7)8)15(12,13)14;9-7(10)5-1-3-6(4-2-5)8(11)12/h1-18H,(H,31,34)(H,32,35)(H,38,39,40);1-14H,(H,24,26)(H,29,30,31);1-14H,24H2,(H,25,26)(H,27,28,29);1-8H,(H,15,16);1-6H,11H2,(H,12,13,14);1-4H,(H,9,10). The van der Waals surface area contributed by atoms with Crippen LogP contribution in [0.25, 0.3) is 87.6 Å². The quantitative estimate of drug-likeness (QED) is 0.0130. The molecule has 148 heavy (non-hydrogen) atoms. The Morgan fingerprint density at radius 2 is 0.419 bits per heavy atom. The van der Waals surface area contributed by atoms with Crippen molar-refractivity contribution in [3.8, 4) is 44.5 Å². The predicted octanol–water partition coefficient (Wildman–Crippen LogP) is 21.6. The molecule has 0 unspecified atom stereocenters. The van der Waals surface area contributed by atoms with Crippen molar-refractivity contribution in [3.05, 3.63) is 462 Å². The van der Waals surface area contributed by atoms with Crippen molar-refractivity contribution in [1.82, 2.24) is 0 Å². The number of carboxylic acid groups (broad SMARTS) is 2. The SMILES string of the molecule is Nc1ccc(-c2ccc(C(=O)Nc3cccc4cccc(S(=O)(=O)O)c34)cc2)cc1.Nc1cccc2cccc(S(=O)(=O)O)c12.O=C(Nc1ccc(-c2ccc(C(=O)Nc3cccc4cccc(S(=O)(=O)O)c34)cc2)cc1)c1ccc([N+](=O)[O-])cc1.O=C(Nc1cccc2cccc(S(=O)(=O)O)c12)c1ccc(-c2ccc([N+](=O)[O-])cc2)cc1.O=C(O)c1ccc(-c2ccc([N+](=O)[O-])cc2)cc1.O=C(O)c1ccc([N+](=O)[O-])cc1. The van der Waals surface area contributed by atoms with Gasteiger partial charge in [0.1, 0.15) is 19.6 Å². The molecular formula is C106H78N10O28S4. The molecule has 18 rings (SSSR count). The summed E-state index contributed by atoms with van der Waals surface area (Å²) >= 11 is 0. The molecule has 0 spiro atoms. The zero-order valence-corrected chi connectivity index (χ0v) is 79.5. The second-order valence-corrected chi connectivity index (χ2v) is 37.3. The van der Waals surface area contributed by atoms with Gasteiger partial charge in [-0.2, -0.15) is 33.7 Å². The third-order valence-electron chi connectivity index (χ3n) is 22.1. The van der Waals surface area contributed by atoms with E-state index in [1.807, 2.05) is 36.4 Å². The van der Waals surface area contributed by atoms with Gasteiger partial charge in [0.2, 0.25) is 0 Å². The number of nitrogens with two attached hydrogens (primary N) is 2. The van der Waals surface area contributed by atoms with Crippen molar-refractivity contribution >= 4 is 176 Å². The maximum absolute atomic E-state index is 13.0. The van der Waals surface area contributed by atoms with Crippen molar-refractivity contribution in [2.24, 2.45) is 0 Å². The van der Waals surface area contributed by atoms with E-state index in [0.29, 0.717) is 66.4 Å². The first-order valence-corrected chi connectivity index (χ1v) is 48.9. The van der Waals surface area contributed by atoms with E-state index in [1.54, 1.807) is 224 Å². The lowest BCUT2D eigenvalue weighted by Gasteiger charge is -2.12. The molecular weight excluding hydrogens is 1990 g/mol. The Balaban J connectivity index is 0.000000155. The van der Waals surface area contributed by atoms with Crippen LogP contribution in [0.15, 0.2) is 408 Å². The fraction of sp³-hybridized carbons (Fsp3) is 0. The number of carboxylic acids is 2. The van der Waals surface area contributed by atoms with Gasteiger partial charge >= 0.3 is 11.9 Å². The van der Waals surface area contributed by atoms with E-state index in [0.717, 1.165) is 56.6 Å². The van der Waals surface area contributed by atoms with Crippen LogP contribution >= 0.6 is 0 Å². The number of hydrogen-bond donors (Lipinski definition) is 12. The third kappa shape index (κ3) is 26.9. The molecule has 0 aliphatic carbocycles. The molecule has 744 valence electrons. The van der Waals surface area contributed by atoms with Gasteiger partial charge in [0, 0.05) is 109 Å². The number of carbonyl (C=O) groups is 6. The van der Waals surface area contributed by atoms with Gasteiger partial charge in [0.15, 0.2) is 0 Å². The van der Waals surface area contributed by atoms with E-state index in [2.05, 4.69) is 21.3 Å². The van der Waals surface area contributed by atoms with Gasteiger partial charge in [0.25, 0.3) is 86.9 Å². The van der Waals surface area contributed by atoms with Crippen LogP contribution in [0.3, 0.4) is 0 Å². The molecule has 18 aromatic carbocycles. The first-order chi connectivity index (χ1) is 70.3. The number of anilines is 6. The number of benzene rings is 18. The zero-order valence-electron chi connectivity index (χ0n) is 76.2. The minimum atomic E-state index is -4.51. The Morgan fingerprint density at radius 3 is 0.669 bits per heavy atom. The first kappa shape index (κ1) is 106. The molecule has 0 atom stereocenters. The second kappa shape index (κ2) is 46.1. The number of nitro groups is 4. The largest absolute Gasteiger partial charge is 0.478 e.